The molecular weight excluding hydrogens is 328 g/mol. The highest BCUT2D eigenvalue weighted by Gasteiger charge is 2.23. The Morgan fingerprint density at radius 2 is 1.90 bits per heavy atom. The largest absolute Gasteiger partial charge is 0.481 e. The lowest BCUT2D eigenvalue weighted by molar-refractivity contribution is -0.136. The molecule has 0 heterocycles. The second kappa shape index (κ2) is 7.19. The van der Waals surface area contributed by atoms with Crippen molar-refractivity contribution >= 4 is 33.7 Å². The van der Waals surface area contributed by atoms with Gasteiger partial charge in [0.25, 0.3) is 0 Å². The fraction of sp³-hybridized carbons (Fsp3) is 0.357. The maximum Gasteiger partial charge on any atom is 0.338 e. The molecule has 1 atom stereocenters. The lowest BCUT2D eigenvalue weighted by Gasteiger charge is -2.13. The summed E-state index contributed by atoms with van der Waals surface area (Å²) in [7, 11) is 0. The van der Waals surface area contributed by atoms with Crippen molar-refractivity contribution in [3.8, 4) is 0 Å². The summed E-state index contributed by atoms with van der Waals surface area (Å²) < 4.78 is 4.89. The highest BCUT2D eigenvalue weighted by Crippen LogP contribution is 2.20. The van der Waals surface area contributed by atoms with Crippen LogP contribution in [-0.4, -0.2) is 34.3 Å². The molecule has 1 unspecified atom stereocenters. The van der Waals surface area contributed by atoms with Crippen LogP contribution in [-0.2, 0) is 16.0 Å². The molecule has 0 fully saturated rings. The van der Waals surface area contributed by atoms with Crippen molar-refractivity contribution < 1.29 is 24.2 Å². The first-order chi connectivity index (χ1) is 9.38. The highest BCUT2D eigenvalue weighted by atomic mass is 79.9. The van der Waals surface area contributed by atoms with Gasteiger partial charge < -0.3 is 9.84 Å². The predicted molar refractivity (Wildman–Crippen MR) is 76.5 cm³/mol. The maximum absolute atomic E-state index is 12.1. The fourth-order valence-corrected chi connectivity index (χ4v) is 2.02. The first-order valence-electron chi connectivity index (χ1n) is 6.07. The zero-order valence-corrected chi connectivity index (χ0v) is 12.8. The Balaban J connectivity index is 3.37. The second-order valence-corrected chi connectivity index (χ2v) is 5.48. The van der Waals surface area contributed by atoms with Gasteiger partial charge in [0, 0.05) is 5.56 Å². The Morgan fingerprint density at radius 3 is 2.40 bits per heavy atom. The standard InChI is InChI=1S/C14H15BrO5/c1-3-20-14(19)10-6-4-5-9(13(18)8(2)15)11(10)7-12(16)17/h4-6,8H,3,7H2,1-2H3,(H,16,17). The Bertz CT molecular complexity index is 536. The molecule has 0 aliphatic carbocycles. The van der Waals surface area contributed by atoms with Crippen molar-refractivity contribution in [1.82, 2.24) is 0 Å². The Labute approximate surface area is 125 Å². The van der Waals surface area contributed by atoms with Crippen LogP contribution in [0.1, 0.15) is 40.1 Å². The summed E-state index contributed by atoms with van der Waals surface area (Å²) in [5.41, 5.74) is 0.533. The molecule has 20 heavy (non-hydrogen) atoms. The van der Waals surface area contributed by atoms with Gasteiger partial charge in [-0.05, 0) is 25.5 Å². The van der Waals surface area contributed by atoms with E-state index in [1.807, 2.05) is 0 Å². The number of aliphatic carboxylic acids is 1. The van der Waals surface area contributed by atoms with Crippen molar-refractivity contribution in [3.05, 3.63) is 34.9 Å². The normalized spacial score (nSPS) is 11.8. The van der Waals surface area contributed by atoms with Gasteiger partial charge in [-0.1, -0.05) is 28.1 Å². The summed E-state index contributed by atoms with van der Waals surface area (Å²) in [5, 5.41) is 8.97. The van der Waals surface area contributed by atoms with E-state index in [2.05, 4.69) is 15.9 Å². The number of ketones is 1. The molecule has 0 saturated heterocycles. The third-order valence-electron chi connectivity index (χ3n) is 2.63. The van der Waals surface area contributed by atoms with Gasteiger partial charge in [0.15, 0.2) is 5.78 Å². The number of carboxylic acids is 1. The lowest BCUT2D eigenvalue weighted by Crippen LogP contribution is -2.19. The van der Waals surface area contributed by atoms with Crippen LogP contribution in [0.2, 0.25) is 0 Å². The smallest absolute Gasteiger partial charge is 0.338 e. The summed E-state index contributed by atoms with van der Waals surface area (Å²) >= 11 is 3.16. The molecule has 0 radical (unpaired) electrons. The third-order valence-corrected chi connectivity index (χ3v) is 3.04. The van der Waals surface area contributed by atoms with E-state index in [4.69, 9.17) is 9.84 Å². The van der Waals surface area contributed by atoms with E-state index in [0.29, 0.717) is 0 Å². The number of hydrogen-bond donors (Lipinski definition) is 1. The number of halogens is 1. The van der Waals surface area contributed by atoms with Crippen molar-refractivity contribution in [2.45, 2.75) is 25.1 Å². The monoisotopic (exact) mass is 342 g/mol. The molecule has 1 aromatic rings. The quantitative estimate of drug-likeness (QED) is 0.488. The maximum atomic E-state index is 12.1. The highest BCUT2D eigenvalue weighted by molar-refractivity contribution is 9.10. The molecule has 108 valence electrons. The van der Waals surface area contributed by atoms with E-state index in [9.17, 15) is 14.4 Å². The summed E-state index contributed by atoms with van der Waals surface area (Å²) in [4.78, 5) is 34.4. The number of alkyl halides is 1. The van der Waals surface area contributed by atoms with Gasteiger partial charge >= 0.3 is 11.9 Å². The van der Waals surface area contributed by atoms with E-state index in [0.717, 1.165) is 0 Å². The number of hydrogen-bond acceptors (Lipinski definition) is 4. The second-order valence-electron chi connectivity index (χ2n) is 4.10. The number of rotatable bonds is 6. The van der Waals surface area contributed by atoms with E-state index >= 15 is 0 Å². The van der Waals surface area contributed by atoms with Gasteiger partial charge in [0.2, 0.25) is 0 Å². The third kappa shape index (κ3) is 3.90. The number of esters is 1. The molecule has 1 aromatic carbocycles. The number of Topliss-reactive ketones (excluding diaryl/α,β-unsaturated/α-hetero) is 1. The molecule has 0 saturated carbocycles. The molecule has 1 N–H and O–H groups in total. The predicted octanol–water partition coefficient (Wildman–Crippen LogP) is 2.46. The van der Waals surface area contributed by atoms with Crippen molar-refractivity contribution in [1.29, 1.82) is 0 Å². The number of ether oxygens (including phenoxy) is 1. The minimum Gasteiger partial charge on any atom is -0.481 e. The zero-order valence-electron chi connectivity index (χ0n) is 11.2. The van der Waals surface area contributed by atoms with Crippen LogP contribution >= 0.6 is 15.9 Å². The first-order valence-corrected chi connectivity index (χ1v) is 6.99. The van der Waals surface area contributed by atoms with Gasteiger partial charge in [-0.2, -0.15) is 0 Å². The molecule has 0 spiro atoms. The SMILES string of the molecule is CCOC(=O)c1cccc(C(=O)C(C)Br)c1CC(=O)O. The Hall–Kier alpha value is -1.69. The molecule has 5 nitrogen and oxygen atoms in total. The van der Waals surface area contributed by atoms with Gasteiger partial charge in [-0.15, -0.1) is 0 Å². The molecule has 1 rings (SSSR count). The number of carbonyl (C=O) groups excluding carboxylic acids is 2. The summed E-state index contributed by atoms with van der Waals surface area (Å²) in [6, 6.07) is 4.52. The summed E-state index contributed by atoms with van der Waals surface area (Å²) in [6.45, 7) is 3.48. The molecule has 0 bridgehead atoms. The zero-order chi connectivity index (χ0) is 15.3. The summed E-state index contributed by atoms with van der Waals surface area (Å²) in [6.07, 6.45) is -0.407. The van der Waals surface area contributed by atoms with Gasteiger partial charge in [0.1, 0.15) is 0 Å². The van der Waals surface area contributed by atoms with E-state index in [-0.39, 0.29) is 29.1 Å². The first kappa shape index (κ1) is 16.4. The molecule has 6 heteroatoms. The average Bonchev–Trinajstić information content (AvgIpc) is 2.37. The van der Waals surface area contributed by atoms with Crippen molar-refractivity contribution in [2.24, 2.45) is 0 Å². The average molecular weight is 343 g/mol. The molecule has 0 amide bonds. The van der Waals surface area contributed by atoms with Gasteiger partial charge in [-0.25, -0.2) is 4.79 Å². The number of benzene rings is 1. The number of carbonyl (C=O) groups is 3. The lowest BCUT2D eigenvalue weighted by atomic mass is 9.94. The van der Waals surface area contributed by atoms with Crippen LogP contribution in [0.15, 0.2) is 18.2 Å². The van der Waals surface area contributed by atoms with Crippen LogP contribution in [0.3, 0.4) is 0 Å². The van der Waals surface area contributed by atoms with E-state index < -0.39 is 23.2 Å². The minimum atomic E-state index is -1.11. The van der Waals surface area contributed by atoms with Crippen LogP contribution in [0, 0.1) is 0 Å². The minimum absolute atomic E-state index is 0.119. The van der Waals surface area contributed by atoms with E-state index in [1.165, 1.54) is 12.1 Å². The molecule has 0 aliphatic rings. The Morgan fingerprint density at radius 1 is 1.30 bits per heavy atom. The topological polar surface area (TPSA) is 80.7 Å². The van der Waals surface area contributed by atoms with Crippen LogP contribution in [0.5, 0.6) is 0 Å². The molecular formula is C14H15BrO5. The van der Waals surface area contributed by atoms with Crippen molar-refractivity contribution in [3.63, 3.8) is 0 Å². The summed E-state index contributed by atoms with van der Waals surface area (Å²) in [5.74, 6) is -2.01. The van der Waals surface area contributed by atoms with Gasteiger partial charge in [-0.3, -0.25) is 9.59 Å². The molecule has 0 aromatic heterocycles. The van der Waals surface area contributed by atoms with Crippen molar-refractivity contribution in [2.75, 3.05) is 6.61 Å². The van der Waals surface area contributed by atoms with E-state index in [1.54, 1.807) is 19.9 Å². The molecule has 0 aliphatic heterocycles. The number of carboxylic acid groups (broad SMARTS) is 1. The van der Waals surface area contributed by atoms with Crippen LogP contribution < -0.4 is 0 Å². The van der Waals surface area contributed by atoms with Crippen LogP contribution in [0.4, 0.5) is 0 Å². The fourth-order valence-electron chi connectivity index (χ4n) is 1.77. The van der Waals surface area contributed by atoms with Gasteiger partial charge in [0.05, 0.1) is 23.4 Å². The van der Waals surface area contributed by atoms with Crippen LogP contribution in [0.25, 0.3) is 0 Å². The Kier molecular flexibility index (Phi) is 5.88.